The van der Waals surface area contributed by atoms with E-state index in [9.17, 15) is 13.9 Å². The minimum atomic E-state index is -1.20. The normalized spacial score (nSPS) is 30.5. The van der Waals surface area contributed by atoms with Gasteiger partial charge in [-0.3, -0.25) is 4.39 Å². The Bertz CT molecular complexity index is 687. The Labute approximate surface area is 127 Å². The van der Waals surface area contributed by atoms with Crippen LogP contribution in [-0.4, -0.2) is 33.6 Å². The highest BCUT2D eigenvalue weighted by atomic mass is 19.1. The fourth-order valence-electron chi connectivity index (χ4n) is 4.10. The summed E-state index contributed by atoms with van der Waals surface area (Å²) in [6.07, 6.45) is 2.12. The number of alkyl halides is 2. The summed E-state index contributed by atoms with van der Waals surface area (Å²) in [5.74, 6) is -0.518. The number of fused-ring (bicyclic) bond motifs is 3. The number of nitrogens with zero attached hydrogens (tertiary/aromatic N) is 2. The van der Waals surface area contributed by atoms with E-state index in [0.717, 1.165) is 16.8 Å². The van der Waals surface area contributed by atoms with Gasteiger partial charge < -0.3 is 9.67 Å². The molecule has 1 saturated carbocycles. The summed E-state index contributed by atoms with van der Waals surface area (Å²) in [6, 6.07) is 7.86. The number of aromatic nitrogens is 2. The van der Waals surface area contributed by atoms with Crippen LogP contribution in [0.2, 0.25) is 0 Å². The Balaban J connectivity index is 1.73. The zero-order chi connectivity index (χ0) is 15.3. The number of aliphatic hydroxyl groups excluding tert-OH is 1. The van der Waals surface area contributed by atoms with E-state index in [1.165, 1.54) is 0 Å². The van der Waals surface area contributed by atoms with Gasteiger partial charge in [-0.2, -0.15) is 0 Å². The Morgan fingerprint density at radius 1 is 1.36 bits per heavy atom. The maximum absolute atomic E-state index is 14.2. The second-order valence-corrected chi connectivity index (χ2v) is 6.26. The molecule has 4 rings (SSSR count). The zero-order valence-corrected chi connectivity index (χ0v) is 12.1. The quantitative estimate of drug-likeness (QED) is 0.942. The van der Waals surface area contributed by atoms with Crippen molar-refractivity contribution in [2.75, 3.05) is 6.67 Å². The van der Waals surface area contributed by atoms with Crippen molar-refractivity contribution in [3.8, 4) is 11.3 Å². The van der Waals surface area contributed by atoms with Gasteiger partial charge in [0.15, 0.2) is 0 Å². The minimum absolute atomic E-state index is 0.0843. The molecular weight excluding hydrogens is 286 g/mol. The molecule has 2 aromatic rings. The summed E-state index contributed by atoms with van der Waals surface area (Å²) in [5.41, 5.74) is 3.18. The van der Waals surface area contributed by atoms with Crippen LogP contribution in [0, 0.1) is 11.8 Å². The molecule has 2 aliphatic rings. The summed E-state index contributed by atoms with van der Waals surface area (Å²) in [6.45, 7) is -0.655. The molecule has 1 aromatic carbocycles. The van der Waals surface area contributed by atoms with Crippen molar-refractivity contribution < 1.29 is 13.9 Å². The Kier molecular flexibility index (Phi) is 3.26. The largest absolute Gasteiger partial charge is 0.393 e. The first-order valence-corrected chi connectivity index (χ1v) is 7.71. The van der Waals surface area contributed by atoms with E-state index in [1.807, 2.05) is 28.8 Å². The predicted molar refractivity (Wildman–Crippen MR) is 78.9 cm³/mol. The first kappa shape index (κ1) is 13.9. The highest BCUT2D eigenvalue weighted by Gasteiger charge is 2.51. The summed E-state index contributed by atoms with van der Waals surface area (Å²) < 4.78 is 28.7. The molecule has 2 heterocycles. The molecule has 116 valence electrons. The van der Waals surface area contributed by atoms with Gasteiger partial charge >= 0.3 is 0 Å². The number of rotatable bonds is 4. The predicted octanol–water partition coefficient (Wildman–Crippen LogP) is 3.15. The summed E-state index contributed by atoms with van der Waals surface area (Å²) in [4.78, 5) is 4.19. The Hall–Kier alpha value is -1.75. The third-order valence-electron chi connectivity index (χ3n) is 5.19. The molecule has 1 aliphatic carbocycles. The van der Waals surface area contributed by atoms with E-state index in [2.05, 4.69) is 4.98 Å². The van der Waals surface area contributed by atoms with E-state index in [-0.39, 0.29) is 24.3 Å². The number of halogens is 2. The van der Waals surface area contributed by atoms with Crippen LogP contribution in [0.3, 0.4) is 0 Å². The number of aliphatic hydroxyl groups is 1. The molecule has 0 spiro atoms. The van der Waals surface area contributed by atoms with Gasteiger partial charge in [0, 0.05) is 23.8 Å². The van der Waals surface area contributed by atoms with Crippen molar-refractivity contribution in [3.63, 3.8) is 0 Å². The lowest BCUT2D eigenvalue weighted by Gasteiger charge is -2.47. The number of hydrogen-bond acceptors (Lipinski definition) is 2. The van der Waals surface area contributed by atoms with E-state index in [0.29, 0.717) is 6.42 Å². The van der Waals surface area contributed by atoms with E-state index in [4.69, 9.17) is 0 Å². The van der Waals surface area contributed by atoms with E-state index < -0.39 is 19.0 Å². The molecule has 1 fully saturated rings. The highest BCUT2D eigenvalue weighted by Crippen LogP contribution is 2.53. The first-order chi connectivity index (χ1) is 10.7. The van der Waals surface area contributed by atoms with Gasteiger partial charge in [0.2, 0.25) is 0 Å². The molecule has 0 saturated heterocycles. The van der Waals surface area contributed by atoms with Crippen molar-refractivity contribution in [2.24, 2.45) is 11.8 Å². The highest BCUT2D eigenvalue weighted by molar-refractivity contribution is 5.69. The zero-order valence-electron chi connectivity index (χ0n) is 12.1. The van der Waals surface area contributed by atoms with Crippen molar-refractivity contribution in [3.05, 3.63) is 42.4 Å². The van der Waals surface area contributed by atoms with E-state index >= 15 is 0 Å². The summed E-state index contributed by atoms with van der Waals surface area (Å²) >= 11 is 0. The lowest BCUT2D eigenvalue weighted by Crippen LogP contribution is -2.50. The molecule has 5 unspecified atom stereocenters. The van der Waals surface area contributed by atoms with Crippen molar-refractivity contribution in [1.82, 2.24) is 9.55 Å². The van der Waals surface area contributed by atoms with Crippen LogP contribution >= 0.6 is 0 Å². The Morgan fingerprint density at radius 2 is 2.18 bits per heavy atom. The molecular formula is C17H18F2N2O. The standard InChI is InChI=1S/C17H18F2N2O/c18-6-5-13(19)12-7-15(22)16(12)17-11-4-2-1-3-10(11)14-8-20-9-21(14)17/h1-4,8-9,12-13,15-17,22H,5-7H2. The number of benzene rings is 1. The van der Waals surface area contributed by atoms with Crippen LogP contribution in [0.4, 0.5) is 8.78 Å². The maximum atomic E-state index is 14.2. The third kappa shape index (κ3) is 1.85. The molecule has 1 aromatic heterocycles. The smallest absolute Gasteiger partial charge is 0.106 e. The van der Waals surface area contributed by atoms with Gasteiger partial charge in [-0.25, -0.2) is 9.37 Å². The first-order valence-electron chi connectivity index (χ1n) is 7.71. The molecule has 3 nitrogen and oxygen atoms in total. The van der Waals surface area contributed by atoms with Crippen molar-refractivity contribution in [1.29, 1.82) is 0 Å². The molecule has 22 heavy (non-hydrogen) atoms. The molecule has 1 N–H and O–H groups in total. The van der Waals surface area contributed by atoms with Gasteiger partial charge in [0.05, 0.1) is 37.0 Å². The van der Waals surface area contributed by atoms with Crippen molar-refractivity contribution >= 4 is 0 Å². The molecule has 0 bridgehead atoms. The van der Waals surface area contributed by atoms with Gasteiger partial charge in [-0.05, 0) is 12.0 Å². The van der Waals surface area contributed by atoms with Crippen LogP contribution < -0.4 is 0 Å². The van der Waals surface area contributed by atoms with Crippen LogP contribution in [0.25, 0.3) is 11.3 Å². The molecule has 1 aliphatic heterocycles. The van der Waals surface area contributed by atoms with Crippen LogP contribution in [0.15, 0.2) is 36.8 Å². The fraction of sp³-hybridized carbons (Fsp3) is 0.471. The topological polar surface area (TPSA) is 38.1 Å². The molecule has 0 amide bonds. The van der Waals surface area contributed by atoms with Crippen LogP contribution in [-0.2, 0) is 0 Å². The SMILES string of the molecule is OC1CC(C(F)CCF)C1C1c2ccccc2-c2cncn21. The number of hydrogen-bond donors (Lipinski definition) is 1. The third-order valence-corrected chi connectivity index (χ3v) is 5.19. The van der Waals surface area contributed by atoms with Gasteiger partial charge in [0.25, 0.3) is 0 Å². The Morgan fingerprint density at radius 3 is 2.95 bits per heavy atom. The van der Waals surface area contributed by atoms with Gasteiger partial charge in [-0.1, -0.05) is 24.3 Å². The van der Waals surface area contributed by atoms with Crippen LogP contribution in [0.1, 0.15) is 24.4 Å². The van der Waals surface area contributed by atoms with Gasteiger partial charge in [-0.15, -0.1) is 0 Å². The molecule has 5 heteroatoms. The fourth-order valence-corrected chi connectivity index (χ4v) is 4.10. The van der Waals surface area contributed by atoms with E-state index in [1.54, 1.807) is 12.5 Å². The lowest BCUT2D eigenvalue weighted by atomic mass is 9.63. The van der Waals surface area contributed by atoms with Gasteiger partial charge in [0.1, 0.15) is 6.17 Å². The second kappa shape index (κ2) is 5.16. The average molecular weight is 304 g/mol. The van der Waals surface area contributed by atoms with Crippen LogP contribution in [0.5, 0.6) is 0 Å². The summed E-state index contributed by atoms with van der Waals surface area (Å²) in [5, 5.41) is 10.3. The maximum Gasteiger partial charge on any atom is 0.106 e. The summed E-state index contributed by atoms with van der Waals surface area (Å²) in [7, 11) is 0. The molecule has 5 atom stereocenters. The monoisotopic (exact) mass is 304 g/mol. The minimum Gasteiger partial charge on any atom is -0.393 e. The second-order valence-electron chi connectivity index (χ2n) is 6.26. The lowest BCUT2D eigenvalue weighted by molar-refractivity contribution is -0.0853. The number of imidazole rings is 1. The molecule has 0 radical (unpaired) electrons. The van der Waals surface area contributed by atoms with Crippen molar-refractivity contribution in [2.45, 2.75) is 31.2 Å². The average Bonchev–Trinajstić information content (AvgIpc) is 3.08.